The van der Waals surface area contributed by atoms with Gasteiger partial charge < -0.3 is 16.0 Å². The van der Waals surface area contributed by atoms with Crippen LogP contribution in [0.2, 0.25) is 10.0 Å². The van der Waals surface area contributed by atoms with Crippen molar-refractivity contribution >= 4 is 46.4 Å². The molecule has 2 amide bonds. The largest absolute Gasteiger partial charge is 0.384 e. The summed E-state index contributed by atoms with van der Waals surface area (Å²) >= 11 is 12.0. The first-order chi connectivity index (χ1) is 12.4. The molecule has 3 N–H and O–H groups in total. The Bertz CT molecular complexity index is 781. The van der Waals surface area contributed by atoms with Crippen LogP contribution in [-0.4, -0.2) is 24.9 Å². The molecule has 0 saturated carbocycles. The number of hydrogen-bond donors (Lipinski definition) is 3. The average Bonchev–Trinajstić information content (AvgIpc) is 2.56. The van der Waals surface area contributed by atoms with Crippen molar-refractivity contribution in [1.29, 1.82) is 0 Å². The van der Waals surface area contributed by atoms with Gasteiger partial charge in [-0.05, 0) is 42.3 Å². The second-order valence-electron chi connectivity index (χ2n) is 5.77. The van der Waals surface area contributed by atoms with Crippen molar-refractivity contribution in [1.82, 2.24) is 5.32 Å². The van der Waals surface area contributed by atoms with E-state index in [1.807, 2.05) is 24.3 Å². The Morgan fingerprint density at radius 3 is 2.50 bits per heavy atom. The number of nitrogens with one attached hydrogen (secondary N) is 3. The lowest BCUT2D eigenvalue weighted by molar-refractivity contribution is -0.120. The van der Waals surface area contributed by atoms with Gasteiger partial charge in [-0.25, -0.2) is 0 Å². The van der Waals surface area contributed by atoms with Crippen LogP contribution in [0.1, 0.15) is 18.9 Å². The molecule has 2 aromatic rings. The molecule has 2 rings (SSSR count). The van der Waals surface area contributed by atoms with E-state index in [2.05, 4.69) is 16.0 Å². The summed E-state index contributed by atoms with van der Waals surface area (Å²) < 4.78 is 0. The summed E-state index contributed by atoms with van der Waals surface area (Å²) in [5.41, 5.74) is 2.51. The quantitative estimate of drug-likeness (QED) is 0.631. The lowest BCUT2D eigenvalue weighted by Crippen LogP contribution is -2.27. The van der Waals surface area contributed by atoms with Gasteiger partial charge in [0.05, 0.1) is 0 Å². The van der Waals surface area contributed by atoms with Gasteiger partial charge in [-0.3, -0.25) is 9.59 Å². The molecule has 26 heavy (non-hydrogen) atoms. The van der Waals surface area contributed by atoms with Gasteiger partial charge in [-0.2, -0.15) is 0 Å². The van der Waals surface area contributed by atoms with E-state index in [9.17, 15) is 9.59 Å². The summed E-state index contributed by atoms with van der Waals surface area (Å²) in [4.78, 5) is 23.0. The molecule has 7 heteroatoms. The number of rotatable bonds is 8. The minimum atomic E-state index is -0.123. The van der Waals surface area contributed by atoms with Crippen LogP contribution < -0.4 is 16.0 Å². The van der Waals surface area contributed by atoms with Crippen molar-refractivity contribution in [2.24, 2.45) is 0 Å². The highest BCUT2D eigenvalue weighted by Gasteiger charge is 2.04. The van der Waals surface area contributed by atoms with E-state index in [4.69, 9.17) is 23.2 Å². The summed E-state index contributed by atoms with van der Waals surface area (Å²) in [5.74, 6) is -0.164. The number of halogens is 2. The molecule has 0 spiro atoms. The number of benzene rings is 2. The Morgan fingerprint density at radius 1 is 1.00 bits per heavy atom. The molecule has 5 nitrogen and oxygen atoms in total. The third kappa shape index (κ3) is 6.94. The molecule has 0 aliphatic heterocycles. The van der Waals surface area contributed by atoms with Gasteiger partial charge in [-0.15, -0.1) is 0 Å². The van der Waals surface area contributed by atoms with Crippen LogP contribution in [0.3, 0.4) is 0 Å². The SMILES string of the molecule is CC(=O)Nc1cccc(NCCC(=O)NCCc2ccc(Cl)cc2Cl)c1. The lowest BCUT2D eigenvalue weighted by Gasteiger charge is -2.10. The van der Waals surface area contributed by atoms with E-state index in [1.54, 1.807) is 18.2 Å². The molecule has 0 aromatic heterocycles. The molecule has 0 atom stereocenters. The van der Waals surface area contributed by atoms with E-state index < -0.39 is 0 Å². The van der Waals surface area contributed by atoms with Crippen molar-refractivity contribution in [3.63, 3.8) is 0 Å². The second kappa shape index (κ2) is 10.0. The van der Waals surface area contributed by atoms with Gasteiger partial charge in [0, 0.05) is 47.9 Å². The molecule has 0 unspecified atom stereocenters. The minimum Gasteiger partial charge on any atom is -0.384 e. The zero-order valence-electron chi connectivity index (χ0n) is 14.4. The third-order valence-corrected chi connectivity index (χ3v) is 4.18. The van der Waals surface area contributed by atoms with Crippen molar-refractivity contribution in [3.05, 3.63) is 58.1 Å². The summed E-state index contributed by atoms with van der Waals surface area (Å²) in [7, 11) is 0. The second-order valence-corrected chi connectivity index (χ2v) is 6.62. The standard InChI is InChI=1S/C19H21Cl2N3O2/c1-13(25)24-17-4-2-3-16(12-17)22-10-8-19(26)23-9-7-14-5-6-15(20)11-18(14)21/h2-6,11-12,22H,7-10H2,1H3,(H,23,26)(H,24,25). The normalized spacial score (nSPS) is 10.3. The van der Waals surface area contributed by atoms with E-state index >= 15 is 0 Å². The number of amides is 2. The zero-order chi connectivity index (χ0) is 18.9. The van der Waals surface area contributed by atoms with Crippen LogP contribution >= 0.6 is 23.2 Å². The summed E-state index contributed by atoms with van der Waals surface area (Å²) in [6, 6.07) is 12.7. The van der Waals surface area contributed by atoms with Crippen molar-refractivity contribution < 1.29 is 9.59 Å². The number of hydrogen-bond acceptors (Lipinski definition) is 3. The molecule has 0 fully saturated rings. The van der Waals surface area contributed by atoms with Crippen LogP contribution in [0.5, 0.6) is 0 Å². The fourth-order valence-corrected chi connectivity index (χ4v) is 2.88. The predicted molar refractivity (Wildman–Crippen MR) is 107 cm³/mol. The van der Waals surface area contributed by atoms with Gasteiger partial charge in [0.1, 0.15) is 0 Å². The molecular weight excluding hydrogens is 373 g/mol. The smallest absolute Gasteiger partial charge is 0.221 e. The van der Waals surface area contributed by atoms with E-state index in [0.29, 0.717) is 41.7 Å². The van der Waals surface area contributed by atoms with Crippen molar-refractivity contribution in [2.75, 3.05) is 23.7 Å². The van der Waals surface area contributed by atoms with Gasteiger partial charge in [0.15, 0.2) is 0 Å². The van der Waals surface area contributed by atoms with Crippen LogP contribution in [-0.2, 0) is 16.0 Å². The molecule has 2 aromatic carbocycles. The van der Waals surface area contributed by atoms with Gasteiger partial charge >= 0.3 is 0 Å². The van der Waals surface area contributed by atoms with E-state index in [0.717, 1.165) is 11.3 Å². The first kappa shape index (κ1) is 20.1. The summed E-state index contributed by atoms with van der Waals surface area (Å²) in [5, 5.41) is 9.95. The average molecular weight is 394 g/mol. The first-order valence-electron chi connectivity index (χ1n) is 8.26. The highest BCUT2D eigenvalue weighted by molar-refractivity contribution is 6.35. The molecule has 0 radical (unpaired) electrons. The first-order valence-corrected chi connectivity index (χ1v) is 9.02. The Balaban J connectivity index is 1.69. The zero-order valence-corrected chi connectivity index (χ0v) is 16.0. The van der Waals surface area contributed by atoms with Gasteiger partial charge in [0.25, 0.3) is 0 Å². The minimum absolute atomic E-state index is 0.0411. The van der Waals surface area contributed by atoms with Crippen molar-refractivity contribution in [2.45, 2.75) is 19.8 Å². The maximum atomic E-state index is 11.9. The van der Waals surface area contributed by atoms with Gasteiger partial charge in [0.2, 0.25) is 11.8 Å². The molecule has 0 heterocycles. The van der Waals surface area contributed by atoms with E-state index in [1.165, 1.54) is 6.92 Å². The monoisotopic (exact) mass is 393 g/mol. The van der Waals surface area contributed by atoms with Crippen LogP contribution in [0.4, 0.5) is 11.4 Å². The summed E-state index contributed by atoms with van der Waals surface area (Å²) in [6.45, 7) is 2.47. The molecule has 0 aliphatic carbocycles. The third-order valence-electron chi connectivity index (χ3n) is 3.60. The predicted octanol–water partition coefficient (Wildman–Crippen LogP) is 4.11. The Labute approximate surface area is 163 Å². The van der Waals surface area contributed by atoms with Crippen LogP contribution in [0.15, 0.2) is 42.5 Å². The molecule has 0 bridgehead atoms. The Morgan fingerprint density at radius 2 is 1.77 bits per heavy atom. The topological polar surface area (TPSA) is 70.2 Å². The Kier molecular flexibility index (Phi) is 7.75. The number of carbonyl (C=O) groups is 2. The maximum Gasteiger partial charge on any atom is 0.221 e. The molecule has 0 aliphatic rings. The Hall–Kier alpha value is -2.24. The highest BCUT2D eigenvalue weighted by atomic mass is 35.5. The number of carbonyl (C=O) groups excluding carboxylic acids is 2. The number of anilines is 2. The van der Waals surface area contributed by atoms with Crippen molar-refractivity contribution in [3.8, 4) is 0 Å². The molecular formula is C19H21Cl2N3O2. The van der Waals surface area contributed by atoms with Crippen LogP contribution in [0.25, 0.3) is 0 Å². The maximum absolute atomic E-state index is 11.9. The van der Waals surface area contributed by atoms with Crippen LogP contribution in [0, 0.1) is 0 Å². The van der Waals surface area contributed by atoms with Gasteiger partial charge in [-0.1, -0.05) is 35.3 Å². The molecule has 138 valence electrons. The highest BCUT2D eigenvalue weighted by Crippen LogP contribution is 2.21. The fourth-order valence-electron chi connectivity index (χ4n) is 2.38. The summed E-state index contributed by atoms with van der Waals surface area (Å²) in [6.07, 6.45) is 0.993. The lowest BCUT2D eigenvalue weighted by atomic mass is 10.1. The fraction of sp³-hybridized carbons (Fsp3) is 0.263. The molecule has 0 saturated heterocycles. The van der Waals surface area contributed by atoms with E-state index in [-0.39, 0.29) is 11.8 Å².